The van der Waals surface area contributed by atoms with Gasteiger partial charge in [0.15, 0.2) is 0 Å². The lowest BCUT2D eigenvalue weighted by Crippen LogP contribution is -2.48. The van der Waals surface area contributed by atoms with Crippen LogP contribution in [-0.2, 0) is 4.74 Å². The lowest BCUT2D eigenvalue weighted by atomic mass is 9.78. The Hall–Kier alpha value is -1.29. The molecule has 1 atom stereocenters. The number of rotatable bonds is 4. The number of furan rings is 1. The maximum absolute atomic E-state index is 11.3. The number of carbonyl (C=O) groups excluding carboxylic acids is 1. The zero-order valence-electron chi connectivity index (χ0n) is 10.6. The van der Waals surface area contributed by atoms with Gasteiger partial charge in [0, 0.05) is 5.54 Å². The van der Waals surface area contributed by atoms with Crippen molar-refractivity contribution >= 4 is 5.97 Å². The Kier molecular flexibility index (Phi) is 3.24. The molecular weight excluding hydrogens is 218 g/mol. The first kappa shape index (κ1) is 12.2. The van der Waals surface area contributed by atoms with Crippen LogP contribution in [-0.4, -0.2) is 18.6 Å². The van der Waals surface area contributed by atoms with Crippen LogP contribution < -0.4 is 5.32 Å². The van der Waals surface area contributed by atoms with Crippen LogP contribution in [0.3, 0.4) is 0 Å². The minimum atomic E-state index is -0.432. The molecular formula is C13H19NO3. The van der Waals surface area contributed by atoms with Gasteiger partial charge in [0.05, 0.1) is 13.2 Å². The summed E-state index contributed by atoms with van der Waals surface area (Å²) >= 11 is 0. The van der Waals surface area contributed by atoms with Crippen molar-refractivity contribution in [2.75, 3.05) is 7.11 Å². The number of esters is 1. The van der Waals surface area contributed by atoms with Crippen molar-refractivity contribution in [1.29, 1.82) is 0 Å². The predicted octanol–water partition coefficient (Wildman–Crippen LogP) is 2.66. The quantitative estimate of drug-likeness (QED) is 0.818. The van der Waals surface area contributed by atoms with Crippen molar-refractivity contribution in [3.8, 4) is 0 Å². The van der Waals surface area contributed by atoms with Gasteiger partial charge in [0.1, 0.15) is 5.76 Å². The number of carbonyl (C=O) groups is 1. The first-order chi connectivity index (χ1) is 8.04. The molecule has 1 N–H and O–H groups in total. The SMILES string of the molecule is COC(=O)c1ccc(C(C)NC2(C)CCC2)o1. The Morgan fingerprint density at radius 3 is 2.76 bits per heavy atom. The Morgan fingerprint density at radius 1 is 1.53 bits per heavy atom. The smallest absolute Gasteiger partial charge is 0.373 e. The molecule has 1 aliphatic carbocycles. The summed E-state index contributed by atoms with van der Waals surface area (Å²) in [6.07, 6.45) is 3.67. The fourth-order valence-corrected chi connectivity index (χ4v) is 2.24. The van der Waals surface area contributed by atoms with Gasteiger partial charge in [-0.2, -0.15) is 0 Å². The van der Waals surface area contributed by atoms with E-state index in [0.29, 0.717) is 0 Å². The highest BCUT2D eigenvalue weighted by atomic mass is 16.5. The zero-order chi connectivity index (χ0) is 12.5. The number of ether oxygens (including phenoxy) is 1. The van der Waals surface area contributed by atoms with E-state index in [1.165, 1.54) is 26.4 Å². The summed E-state index contributed by atoms with van der Waals surface area (Å²) in [5, 5.41) is 3.53. The molecule has 0 bridgehead atoms. The first-order valence-corrected chi connectivity index (χ1v) is 6.00. The Morgan fingerprint density at radius 2 is 2.24 bits per heavy atom. The largest absolute Gasteiger partial charge is 0.463 e. The average Bonchev–Trinajstić information content (AvgIpc) is 2.75. The minimum absolute atomic E-state index is 0.110. The van der Waals surface area contributed by atoms with Crippen molar-refractivity contribution < 1.29 is 13.9 Å². The maximum atomic E-state index is 11.3. The van der Waals surface area contributed by atoms with Gasteiger partial charge in [-0.3, -0.25) is 0 Å². The van der Waals surface area contributed by atoms with Crippen molar-refractivity contribution in [3.05, 3.63) is 23.7 Å². The molecule has 0 amide bonds. The summed E-state index contributed by atoms with van der Waals surface area (Å²) in [5.41, 5.74) is 0.220. The van der Waals surface area contributed by atoms with Crippen LogP contribution in [0.1, 0.15) is 55.5 Å². The third-order valence-electron chi connectivity index (χ3n) is 3.46. The predicted molar refractivity (Wildman–Crippen MR) is 63.9 cm³/mol. The van der Waals surface area contributed by atoms with E-state index in [4.69, 9.17) is 4.42 Å². The second kappa shape index (κ2) is 4.53. The molecule has 17 heavy (non-hydrogen) atoms. The molecule has 94 valence electrons. The van der Waals surface area contributed by atoms with Gasteiger partial charge in [-0.25, -0.2) is 4.79 Å². The van der Waals surface area contributed by atoms with Crippen LogP contribution in [0.5, 0.6) is 0 Å². The number of methoxy groups -OCH3 is 1. The van der Waals surface area contributed by atoms with Crippen molar-refractivity contribution in [2.24, 2.45) is 0 Å². The summed E-state index contributed by atoms with van der Waals surface area (Å²) in [6.45, 7) is 4.26. The monoisotopic (exact) mass is 237 g/mol. The van der Waals surface area contributed by atoms with E-state index in [1.807, 2.05) is 13.0 Å². The van der Waals surface area contributed by atoms with Crippen molar-refractivity contribution in [2.45, 2.75) is 44.7 Å². The summed E-state index contributed by atoms with van der Waals surface area (Å²) in [4.78, 5) is 11.3. The molecule has 1 unspecified atom stereocenters. The third kappa shape index (κ3) is 2.52. The molecule has 1 aromatic rings. The van der Waals surface area contributed by atoms with E-state index < -0.39 is 5.97 Å². The summed E-state index contributed by atoms with van der Waals surface area (Å²) in [5.74, 6) is 0.603. The highest BCUT2D eigenvalue weighted by Gasteiger charge is 2.33. The van der Waals surface area contributed by atoms with Gasteiger partial charge < -0.3 is 14.5 Å². The first-order valence-electron chi connectivity index (χ1n) is 6.00. The molecule has 0 aromatic carbocycles. The van der Waals surface area contributed by atoms with E-state index in [2.05, 4.69) is 17.0 Å². The van der Waals surface area contributed by atoms with Crippen LogP contribution in [0.15, 0.2) is 16.5 Å². The van der Waals surface area contributed by atoms with E-state index >= 15 is 0 Å². The highest BCUT2D eigenvalue weighted by molar-refractivity contribution is 5.86. The molecule has 0 radical (unpaired) electrons. The highest BCUT2D eigenvalue weighted by Crippen LogP contribution is 2.33. The van der Waals surface area contributed by atoms with Crippen LogP contribution >= 0.6 is 0 Å². The molecule has 0 saturated heterocycles. The van der Waals surface area contributed by atoms with E-state index in [9.17, 15) is 4.79 Å². The van der Waals surface area contributed by atoms with E-state index in [0.717, 1.165) is 5.76 Å². The van der Waals surface area contributed by atoms with E-state index in [-0.39, 0.29) is 17.3 Å². The van der Waals surface area contributed by atoms with E-state index in [1.54, 1.807) is 6.07 Å². The topological polar surface area (TPSA) is 51.5 Å². The number of hydrogen-bond donors (Lipinski definition) is 1. The Labute approximate surface area is 101 Å². The fourth-order valence-electron chi connectivity index (χ4n) is 2.24. The van der Waals surface area contributed by atoms with Crippen LogP contribution in [0.2, 0.25) is 0 Å². The second-order valence-electron chi connectivity index (χ2n) is 4.97. The normalized spacial score (nSPS) is 19.5. The molecule has 1 heterocycles. The van der Waals surface area contributed by atoms with Gasteiger partial charge in [-0.05, 0) is 45.2 Å². The van der Waals surface area contributed by atoms with Gasteiger partial charge in [-0.1, -0.05) is 0 Å². The van der Waals surface area contributed by atoms with Gasteiger partial charge in [0.25, 0.3) is 0 Å². The Bertz CT molecular complexity index is 407. The molecule has 4 nitrogen and oxygen atoms in total. The van der Waals surface area contributed by atoms with Gasteiger partial charge in [0.2, 0.25) is 5.76 Å². The standard InChI is InChI=1S/C13H19NO3/c1-9(14-13(2)7-4-8-13)10-5-6-11(17-10)12(15)16-3/h5-6,9,14H,4,7-8H2,1-3H3. The molecule has 0 aliphatic heterocycles. The molecule has 1 fully saturated rings. The fraction of sp³-hybridized carbons (Fsp3) is 0.615. The number of hydrogen-bond acceptors (Lipinski definition) is 4. The zero-order valence-corrected chi connectivity index (χ0v) is 10.6. The van der Waals surface area contributed by atoms with Gasteiger partial charge in [-0.15, -0.1) is 0 Å². The lowest BCUT2D eigenvalue weighted by molar-refractivity contribution is 0.0561. The molecule has 2 rings (SSSR count). The maximum Gasteiger partial charge on any atom is 0.373 e. The summed E-state index contributed by atoms with van der Waals surface area (Å²) in [6, 6.07) is 3.59. The van der Waals surface area contributed by atoms with Gasteiger partial charge >= 0.3 is 5.97 Å². The molecule has 1 aromatic heterocycles. The summed E-state index contributed by atoms with van der Waals surface area (Å²) in [7, 11) is 1.35. The minimum Gasteiger partial charge on any atom is -0.463 e. The van der Waals surface area contributed by atoms with Crippen molar-refractivity contribution in [1.82, 2.24) is 5.32 Å². The van der Waals surface area contributed by atoms with Crippen LogP contribution in [0.4, 0.5) is 0 Å². The summed E-state index contributed by atoms with van der Waals surface area (Å²) < 4.78 is 10.1. The Balaban J connectivity index is 2.01. The molecule has 1 aliphatic rings. The van der Waals surface area contributed by atoms with Crippen LogP contribution in [0, 0.1) is 0 Å². The van der Waals surface area contributed by atoms with Crippen molar-refractivity contribution in [3.63, 3.8) is 0 Å². The lowest BCUT2D eigenvalue weighted by Gasteiger charge is -2.41. The van der Waals surface area contributed by atoms with Crippen LogP contribution in [0.25, 0.3) is 0 Å². The molecule has 1 saturated carbocycles. The second-order valence-corrected chi connectivity index (χ2v) is 4.97. The average molecular weight is 237 g/mol. The molecule has 0 spiro atoms. The third-order valence-corrected chi connectivity index (χ3v) is 3.46. The number of nitrogens with one attached hydrogen (secondary N) is 1. The molecule has 4 heteroatoms.